The smallest absolute Gasteiger partial charge is 0.257 e. The van der Waals surface area contributed by atoms with Crippen LogP contribution in [0.3, 0.4) is 0 Å². The second-order valence-corrected chi connectivity index (χ2v) is 8.27. The quantitative estimate of drug-likeness (QED) is 0.322. The van der Waals surface area contributed by atoms with Crippen molar-refractivity contribution in [2.75, 3.05) is 26.2 Å². The van der Waals surface area contributed by atoms with Gasteiger partial charge in [0, 0.05) is 19.6 Å². The highest BCUT2D eigenvalue weighted by Gasteiger charge is 2.23. The SMILES string of the molecule is CCCCN(Cc1nc2ccccc2n1C/C=C/CN(CC)CC)C(=O)c1cccc(F)c1F. The number of aromatic nitrogens is 2. The van der Waals surface area contributed by atoms with E-state index in [1.807, 2.05) is 31.2 Å². The first kappa shape index (κ1) is 25.6. The van der Waals surface area contributed by atoms with Gasteiger partial charge in [-0.05, 0) is 43.8 Å². The van der Waals surface area contributed by atoms with Gasteiger partial charge >= 0.3 is 0 Å². The molecule has 0 aliphatic heterocycles. The van der Waals surface area contributed by atoms with Crippen LogP contribution in [0, 0.1) is 11.6 Å². The minimum atomic E-state index is -1.11. The van der Waals surface area contributed by atoms with Gasteiger partial charge in [0.1, 0.15) is 5.82 Å². The number of carbonyl (C=O) groups excluding carboxylic acids is 1. The van der Waals surface area contributed by atoms with Crippen LogP contribution in [0.4, 0.5) is 8.78 Å². The number of hydrogen-bond acceptors (Lipinski definition) is 3. The minimum Gasteiger partial charge on any atom is -0.331 e. The van der Waals surface area contributed by atoms with Crippen LogP contribution in [0.2, 0.25) is 0 Å². The highest BCUT2D eigenvalue weighted by Crippen LogP contribution is 2.20. The maximum atomic E-state index is 14.4. The highest BCUT2D eigenvalue weighted by atomic mass is 19.2. The molecule has 0 atom stereocenters. The summed E-state index contributed by atoms with van der Waals surface area (Å²) in [4.78, 5) is 21.9. The van der Waals surface area contributed by atoms with E-state index in [9.17, 15) is 13.6 Å². The van der Waals surface area contributed by atoms with Crippen molar-refractivity contribution < 1.29 is 13.6 Å². The molecular weight excluding hydrogens is 434 g/mol. The molecule has 1 aromatic heterocycles. The molecule has 0 aliphatic carbocycles. The molecule has 0 N–H and O–H groups in total. The Bertz CT molecular complexity index is 1120. The van der Waals surface area contributed by atoms with Gasteiger partial charge in [0.05, 0.1) is 23.1 Å². The van der Waals surface area contributed by atoms with Crippen molar-refractivity contribution in [2.45, 2.75) is 46.7 Å². The molecule has 0 saturated heterocycles. The Kier molecular flexibility index (Phi) is 9.33. The van der Waals surface area contributed by atoms with E-state index < -0.39 is 17.5 Å². The number of carbonyl (C=O) groups is 1. The van der Waals surface area contributed by atoms with Crippen LogP contribution in [0.25, 0.3) is 11.0 Å². The van der Waals surface area contributed by atoms with Crippen LogP contribution in [0.15, 0.2) is 54.6 Å². The topological polar surface area (TPSA) is 41.4 Å². The molecule has 0 radical (unpaired) electrons. The first-order valence-electron chi connectivity index (χ1n) is 12.0. The number of para-hydroxylation sites is 2. The summed E-state index contributed by atoms with van der Waals surface area (Å²) in [5, 5.41) is 0. The van der Waals surface area contributed by atoms with Crippen molar-refractivity contribution in [2.24, 2.45) is 0 Å². The number of halogens is 2. The molecule has 0 aliphatic rings. The van der Waals surface area contributed by atoms with Gasteiger partial charge in [-0.3, -0.25) is 4.79 Å². The molecule has 2 aromatic carbocycles. The van der Waals surface area contributed by atoms with Crippen LogP contribution in [0.1, 0.15) is 49.8 Å². The number of imidazole rings is 1. The van der Waals surface area contributed by atoms with Gasteiger partial charge < -0.3 is 14.4 Å². The molecule has 7 heteroatoms. The Labute approximate surface area is 200 Å². The number of benzene rings is 2. The Hall–Kier alpha value is -3.06. The standard InChI is InChI=1S/C27H34F2N4O/c1-4-7-18-32(27(34)21-13-12-14-22(28)26(21)29)20-25-30-23-15-8-9-16-24(23)33(25)19-11-10-17-31(5-2)6-3/h8-16H,4-7,17-20H2,1-3H3/b11-10+. The lowest BCUT2D eigenvalue weighted by atomic mass is 10.1. The number of nitrogens with zero attached hydrogens (tertiary/aromatic N) is 4. The number of amides is 1. The van der Waals surface area contributed by atoms with E-state index in [0.717, 1.165) is 55.4 Å². The molecule has 182 valence electrons. The largest absolute Gasteiger partial charge is 0.331 e. The Balaban J connectivity index is 1.90. The van der Waals surface area contributed by atoms with Gasteiger partial charge in [0.15, 0.2) is 11.6 Å². The van der Waals surface area contributed by atoms with Crippen molar-refractivity contribution in [1.29, 1.82) is 0 Å². The molecule has 3 rings (SSSR count). The summed E-state index contributed by atoms with van der Waals surface area (Å²) >= 11 is 0. The zero-order valence-corrected chi connectivity index (χ0v) is 20.3. The number of unbranched alkanes of at least 4 members (excludes halogenated alkanes) is 1. The van der Waals surface area contributed by atoms with Gasteiger partial charge in [-0.1, -0.05) is 57.5 Å². The Morgan fingerprint density at radius 1 is 1.03 bits per heavy atom. The zero-order valence-electron chi connectivity index (χ0n) is 20.3. The van der Waals surface area contributed by atoms with Gasteiger partial charge in [-0.25, -0.2) is 13.8 Å². The zero-order chi connectivity index (χ0) is 24.5. The number of hydrogen-bond donors (Lipinski definition) is 0. The summed E-state index contributed by atoms with van der Waals surface area (Å²) in [6, 6.07) is 11.6. The minimum absolute atomic E-state index is 0.216. The molecule has 1 heterocycles. The number of fused-ring (bicyclic) bond motifs is 1. The van der Waals surface area contributed by atoms with Crippen LogP contribution in [-0.2, 0) is 13.1 Å². The summed E-state index contributed by atoms with van der Waals surface area (Å²) < 4.78 is 30.3. The molecular formula is C27H34F2N4O. The van der Waals surface area contributed by atoms with Crippen molar-refractivity contribution in [3.8, 4) is 0 Å². The maximum Gasteiger partial charge on any atom is 0.257 e. The van der Waals surface area contributed by atoms with Crippen LogP contribution < -0.4 is 0 Å². The third-order valence-corrected chi connectivity index (χ3v) is 6.03. The molecule has 5 nitrogen and oxygen atoms in total. The molecule has 0 saturated carbocycles. The Morgan fingerprint density at radius 2 is 1.79 bits per heavy atom. The van der Waals surface area contributed by atoms with E-state index in [1.165, 1.54) is 12.1 Å². The van der Waals surface area contributed by atoms with Gasteiger partial charge in [-0.15, -0.1) is 0 Å². The fourth-order valence-electron chi connectivity index (χ4n) is 3.95. The first-order chi connectivity index (χ1) is 16.5. The molecule has 0 bridgehead atoms. The van der Waals surface area contributed by atoms with Crippen LogP contribution in [-0.4, -0.2) is 51.4 Å². The van der Waals surface area contributed by atoms with E-state index in [-0.39, 0.29) is 12.1 Å². The normalized spacial score (nSPS) is 11.7. The Morgan fingerprint density at radius 3 is 2.53 bits per heavy atom. The average molecular weight is 469 g/mol. The van der Waals surface area contributed by atoms with Crippen molar-refractivity contribution in [1.82, 2.24) is 19.4 Å². The molecule has 0 fully saturated rings. The maximum absolute atomic E-state index is 14.4. The van der Waals surface area contributed by atoms with Crippen molar-refractivity contribution in [3.05, 3.63) is 77.6 Å². The summed E-state index contributed by atoms with van der Waals surface area (Å²) in [6.45, 7) is 10.4. The second-order valence-electron chi connectivity index (χ2n) is 8.27. The van der Waals surface area contributed by atoms with E-state index in [4.69, 9.17) is 4.98 Å². The van der Waals surface area contributed by atoms with E-state index in [0.29, 0.717) is 13.1 Å². The second kappa shape index (κ2) is 12.4. The molecule has 0 unspecified atom stereocenters. The van der Waals surface area contributed by atoms with Crippen molar-refractivity contribution >= 4 is 16.9 Å². The number of allylic oxidation sites excluding steroid dienone is 1. The summed E-state index contributed by atoms with van der Waals surface area (Å²) in [6.07, 6.45) is 5.89. The monoisotopic (exact) mass is 468 g/mol. The summed E-state index contributed by atoms with van der Waals surface area (Å²) in [7, 11) is 0. The summed E-state index contributed by atoms with van der Waals surface area (Å²) in [5.41, 5.74) is 1.57. The lowest BCUT2D eigenvalue weighted by Gasteiger charge is -2.23. The van der Waals surface area contributed by atoms with Crippen molar-refractivity contribution in [3.63, 3.8) is 0 Å². The number of rotatable bonds is 12. The first-order valence-corrected chi connectivity index (χ1v) is 12.0. The van der Waals surface area contributed by atoms with Gasteiger partial charge in [-0.2, -0.15) is 0 Å². The molecule has 0 spiro atoms. The predicted octanol–water partition coefficient (Wildman–Crippen LogP) is 5.66. The summed E-state index contributed by atoms with van der Waals surface area (Å²) in [5.74, 6) is -1.94. The van der Waals surface area contributed by atoms with Gasteiger partial charge in [0.2, 0.25) is 0 Å². The molecule has 3 aromatic rings. The highest BCUT2D eigenvalue weighted by molar-refractivity contribution is 5.94. The third kappa shape index (κ3) is 6.08. The van der Waals surface area contributed by atoms with E-state index >= 15 is 0 Å². The lowest BCUT2D eigenvalue weighted by Crippen LogP contribution is -2.33. The fourth-order valence-corrected chi connectivity index (χ4v) is 3.95. The van der Waals surface area contributed by atoms with E-state index in [2.05, 4.69) is 35.5 Å². The molecule has 34 heavy (non-hydrogen) atoms. The van der Waals surface area contributed by atoms with Crippen LogP contribution >= 0.6 is 0 Å². The molecule has 1 amide bonds. The predicted molar refractivity (Wildman–Crippen MR) is 133 cm³/mol. The average Bonchev–Trinajstić information content (AvgIpc) is 3.20. The number of likely N-dealkylation sites (N-methyl/N-ethyl adjacent to an activating group) is 1. The lowest BCUT2D eigenvalue weighted by molar-refractivity contribution is 0.0729. The van der Waals surface area contributed by atoms with Gasteiger partial charge in [0.25, 0.3) is 5.91 Å². The fraction of sp³-hybridized carbons (Fsp3) is 0.407. The van der Waals surface area contributed by atoms with E-state index in [1.54, 1.807) is 4.90 Å². The third-order valence-electron chi connectivity index (χ3n) is 6.03. The van der Waals surface area contributed by atoms with Crippen LogP contribution in [0.5, 0.6) is 0 Å².